The summed E-state index contributed by atoms with van der Waals surface area (Å²) in [6.07, 6.45) is -5.64. The monoisotopic (exact) mass is 609 g/mol. The van der Waals surface area contributed by atoms with Crippen LogP contribution in [-0.2, 0) is 18.8 Å². The molecule has 1 aromatic heterocycles. The van der Waals surface area contributed by atoms with Crippen molar-refractivity contribution in [3.05, 3.63) is 61.3 Å². The molecule has 3 rings (SSSR count). The van der Waals surface area contributed by atoms with Crippen molar-refractivity contribution in [2.45, 2.75) is 70.0 Å². The third-order valence-electron chi connectivity index (χ3n) is 5.82. The number of aliphatic hydroxyl groups excluding tert-OH is 1. The van der Waals surface area contributed by atoms with Crippen LogP contribution in [0.1, 0.15) is 39.8 Å². The lowest BCUT2D eigenvalue weighted by Crippen LogP contribution is -2.46. The Balaban J connectivity index is 1.94. The molecule has 2 heterocycles. The van der Waals surface area contributed by atoms with Crippen molar-refractivity contribution < 1.29 is 37.9 Å². The highest BCUT2D eigenvalue weighted by Gasteiger charge is 2.59. The lowest BCUT2D eigenvalue weighted by molar-refractivity contribution is -0.206. The van der Waals surface area contributed by atoms with Gasteiger partial charge in [0.2, 0.25) is 0 Å². The number of rotatable bonds is 11. The van der Waals surface area contributed by atoms with Crippen molar-refractivity contribution in [3.63, 3.8) is 0 Å². The number of nitrogens with zero attached hydrogens (tertiary/aromatic N) is 2. The number of aromatic nitrogens is 2. The third kappa shape index (κ3) is 7.63. The van der Waals surface area contributed by atoms with E-state index in [0.29, 0.717) is 6.42 Å². The summed E-state index contributed by atoms with van der Waals surface area (Å²) in [4.78, 5) is 50.1. The number of nitrogens with one attached hydrogen (secondary N) is 1. The minimum atomic E-state index is -2.90. The topological polar surface area (TPSA) is 164 Å². The Bertz CT molecular complexity index is 1320. The van der Waals surface area contributed by atoms with Gasteiger partial charge >= 0.3 is 19.8 Å². The van der Waals surface area contributed by atoms with Crippen LogP contribution in [0.3, 0.4) is 0 Å². The molecule has 2 unspecified atom stereocenters. The number of aromatic amines is 1. The standard InChI is InChI=1S/C23H27Cl2FN3O9P/c1-4-13(11-35-17(31)5-2)28-39(34)38-20(36-15-7-6-12(24)10-14(15)25)18-19(32)23(3,26)21(37-18)29-9-8-16(30)27-22(29)33/h6-10,13,18-21,32H,4-5,11H2,1-3H3,(H,27,30,33)/t13-,18+,19+,20?,21+,23+/m0/s1. The molecule has 0 aliphatic carbocycles. The van der Waals surface area contributed by atoms with Crippen molar-refractivity contribution in [2.24, 2.45) is 4.74 Å². The second-order valence-electron chi connectivity index (χ2n) is 8.68. The second-order valence-corrected chi connectivity index (χ2v) is 10.4. The molecular weight excluding hydrogens is 583 g/mol. The van der Waals surface area contributed by atoms with Crippen LogP contribution in [0.15, 0.2) is 44.8 Å². The summed E-state index contributed by atoms with van der Waals surface area (Å²) in [6.45, 7) is 4.17. The van der Waals surface area contributed by atoms with Crippen LogP contribution in [-0.4, -0.2) is 57.4 Å². The van der Waals surface area contributed by atoms with E-state index in [1.54, 1.807) is 13.8 Å². The molecule has 12 nitrogen and oxygen atoms in total. The minimum Gasteiger partial charge on any atom is -0.583 e. The molecule has 1 saturated heterocycles. The van der Waals surface area contributed by atoms with E-state index < -0.39 is 61.8 Å². The van der Waals surface area contributed by atoms with Crippen LogP contribution in [0.25, 0.3) is 0 Å². The lowest BCUT2D eigenvalue weighted by atomic mass is 9.98. The summed E-state index contributed by atoms with van der Waals surface area (Å²) in [7, 11) is -2.90. The van der Waals surface area contributed by atoms with E-state index in [0.717, 1.165) is 23.8 Å². The SMILES string of the molecule is CCC(=O)OC[C@H](CC)N=[P+]([O-])OC(Oc1ccc(Cl)cc1Cl)[C@@H]1O[C@@H](n2ccc(=O)[nH]c2=O)[C@](C)(F)[C@@H]1O. The summed E-state index contributed by atoms with van der Waals surface area (Å²) in [5.74, 6) is -0.494. The van der Waals surface area contributed by atoms with Crippen molar-refractivity contribution in [3.8, 4) is 5.75 Å². The normalized spacial score (nSPS) is 24.8. The number of aliphatic hydroxyl groups is 1. The summed E-state index contributed by atoms with van der Waals surface area (Å²) >= 11 is 12.1. The van der Waals surface area contributed by atoms with Crippen molar-refractivity contribution in [1.82, 2.24) is 9.55 Å². The molecule has 0 radical (unpaired) electrons. The van der Waals surface area contributed by atoms with Crippen LogP contribution < -0.4 is 20.9 Å². The molecule has 0 saturated carbocycles. The van der Waals surface area contributed by atoms with Gasteiger partial charge in [0, 0.05) is 23.7 Å². The van der Waals surface area contributed by atoms with Crippen molar-refractivity contribution in [2.75, 3.05) is 6.61 Å². The largest absolute Gasteiger partial charge is 0.583 e. The lowest BCUT2D eigenvalue weighted by Gasteiger charge is -2.25. The van der Waals surface area contributed by atoms with Crippen molar-refractivity contribution in [1.29, 1.82) is 0 Å². The molecule has 1 fully saturated rings. The minimum absolute atomic E-state index is 0.0186. The predicted molar refractivity (Wildman–Crippen MR) is 137 cm³/mol. The maximum atomic E-state index is 15.8. The zero-order valence-corrected chi connectivity index (χ0v) is 23.5. The van der Waals surface area contributed by atoms with Gasteiger partial charge < -0.3 is 24.2 Å². The quantitative estimate of drug-likeness (QED) is 0.221. The molecule has 2 aromatic rings. The van der Waals surface area contributed by atoms with Gasteiger partial charge in [-0.3, -0.25) is 19.1 Å². The van der Waals surface area contributed by atoms with E-state index in [4.69, 9.17) is 41.9 Å². The summed E-state index contributed by atoms with van der Waals surface area (Å²) < 4.78 is 42.5. The third-order valence-corrected chi connectivity index (χ3v) is 7.25. The Kier molecular flexibility index (Phi) is 10.6. The maximum absolute atomic E-state index is 15.8. The van der Waals surface area contributed by atoms with Crippen LogP contribution in [0.5, 0.6) is 5.75 Å². The molecule has 1 aromatic carbocycles. The van der Waals surface area contributed by atoms with Gasteiger partial charge in [0.25, 0.3) is 11.8 Å². The predicted octanol–water partition coefficient (Wildman–Crippen LogP) is 2.84. The number of hydrogen-bond acceptors (Lipinski definition) is 10. The first-order chi connectivity index (χ1) is 18.4. The van der Waals surface area contributed by atoms with Crippen LogP contribution in [0.4, 0.5) is 4.39 Å². The number of hydrogen-bond donors (Lipinski definition) is 2. The fraction of sp³-hybridized carbons (Fsp3) is 0.522. The molecule has 1 aliphatic rings. The zero-order chi connectivity index (χ0) is 28.9. The van der Waals surface area contributed by atoms with Gasteiger partial charge in [0.15, 0.2) is 18.0 Å². The van der Waals surface area contributed by atoms with E-state index in [2.05, 4.69) is 4.74 Å². The Labute approximate surface area is 233 Å². The highest BCUT2D eigenvalue weighted by Crippen LogP contribution is 2.44. The average Bonchev–Trinajstić information content (AvgIpc) is 3.11. The number of carbonyl (C=O) groups is 1. The van der Waals surface area contributed by atoms with Crippen molar-refractivity contribution >= 4 is 37.3 Å². The van der Waals surface area contributed by atoms with E-state index in [9.17, 15) is 24.4 Å². The van der Waals surface area contributed by atoms with Gasteiger partial charge in [0.05, 0.1) is 5.02 Å². The zero-order valence-electron chi connectivity index (χ0n) is 21.1. The first-order valence-electron chi connectivity index (χ1n) is 11.8. The summed E-state index contributed by atoms with van der Waals surface area (Å²) in [6, 6.07) is 4.43. The Morgan fingerprint density at radius 1 is 1.36 bits per heavy atom. The molecule has 16 heteroatoms. The number of H-pyrrole nitrogens is 1. The van der Waals surface area contributed by atoms with E-state index in [1.807, 2.05) is 4.98 Å². The number of esters is 1. The average molecular weight is 610 g/mol. The first-order valence-corrected chi connectivity index (χ1v) is 13.7. The molecule has 39 heavy (non-hydrogen) atoms. The Morgan fingerprint density at radius 2 is 2.08 bits per heavy atom. The van der Waals surface area contributed by atoms with Crippen LogP contribution >= 0.6 is 31.4 Å². The van der Waals surface area contributed by atoms with Gasteiger partial charge in [-0.25, -0.2) is 9.18 Å². The number of ether oxygens (including phenoxy) is 3. The molecule has 2 N–H and O–H groups in total. The first kappa shape index (κ1) is 31.2. The second kappa shape index (κ2) is 13.3. The van der Waals surface area contributed by atoms with Crippen LogP contribution in [0.2, 0.25) is 10.0 Å². The van der Waals surface area contributed by atoms with E-state index >= 15 is 4.39 Å². The highest BCUT2D eigenvalue weighted by atomic mass is 35.5. The summed E-state index contributed by atoms with van der Waals surface area (Å²) in [5, 5.41) is 11.2. The van der Waals surface area contributed by atoms with Gasteiger partial charge in [0.1, 0.15) is 24.5 Å². The number of halogens is 3. The number of carbonyl (C=O) groups excluding carboxylic acids is 1. The van der Waals surface area contributed by atoms with E-state index in [1.165, 1.54) is 18.2 Å². The van der Waals surface area contributed by atoms with Gasteiger partial charge in [-0.15, -0.1) is 4.52 Å². The molecular formula is C23H27Cl2FN3O9P. The molecule has 0 spiro atoms. The molecule has 0 amide bonds. The molecule has 0 bridgehead atoms. The smallest absolute Gasteiger partial charge is 0.346 e. The molecule has 7 atom stereocenters. The Hall–Kier alpha value is -2.38. The fourth-order valence-corrected chi connectivity index (χ4v) is 4.95. The molecule has 1 aliphatic heterocycles. The van der Waals surface area contributed by atoms with Gasteiger partial charge in [-0.2, -0.15) is 0 Å². The van der Waals surface area contributed by atoms with Crippen LogP contribution in [0, 0.1) is 0 Å². The highest BCUT2D eigenvalue weighted by molar-refractivity contribution is 7.33. The number of alkyl halides is 1. The maximum Gasteiger partial charge on any atom is 0.346 e. The molecule has 214 valence electrons. The van der Waals surface area contributed by atoms with E-state index in [-0.39, 0.29) is 28.8 Å². The Morgan fingerprint density at radius 3 is 2.69 bits per heavy atom. The number of benzene rings is 1. The van der Waals surface area contributed by atoms with Gasteiger partial charge in [-0.05, 0) is 31.5 Å². The summed E-state index contributed by atoms with van der Waals surface area (Å²) in [5.41, 5.74) is -4.32. The fourth-order valence-electron chi connectivity index (χ4n) is 3.60. The van der Waals surface area contributed by atoms with Gasteiger partial charge in [-0.1, -0.05) is 41.8 Å².